The summed E-state index contributed by atoms with van der Waals surface area (Å²) in [5.41, 5.74) is 1.71. The van der Waals surface area contributed by atoms with Crippen LogP contribution in [0.25, 0.3) is 10.6 Å². The highest BCUT2D eigenvalue weighted by atomic mass is 32.1. The molecule has 0 radical (unpaired) electrons. The third kappa shape index (κ3) is 4.13. The van der Waals surface area contributed by atoms with E-state index in [0.29, 0.717) is 23.9 Å². The topological polar surface area (TPSA) is 58.1 Å². The Kier molecular flexibility index (Phi) is 5.07. The number of benzene rings is 1. The zero-order valence-corrected chi connectivity index (χ0v) is 17.2. The molecule has 4 rings (SSSR count). The SMILES string of the molecule is Cc1nc(C)c(-c2csc(NC(=O)C3CN(c4ccc(C(F)(F)F)cc4)C3)n2)s1. The lowest BCUT2D eigenvalue weighted by Gasteiger charge is -2.40. The summed E-state index contributed by atoms with van der Waals surface area (Å²) in [4.78, 5) is 24.2. The molecule has 3 aromatic rings. The summed E-state index contributed by atoms with van der Waals surface area (Å²) in [5.74, 6) is -0.358. The molecule has 0 bridgehead atoms. The lowest BCUT2D eigenvalue weighted by atomic mass is 9.98. The summed E-state index contributed by atoms with van der Waals surface area (Å²) >= 11 is 2.92. The molecule has 0 unspecified atom stereocenters. The normalized spacial score (nSPS) is 14.7. The van der Waals surface area contributed by atoms with Crippen LogP contribution in [0, 0.1) is 19.8 Å². The van der Waals surface area contributed by atoms with E-state index in [1.807, 2.05) is 24.1 Å². The van der Waals surface area contributed by atoms with Gasteiger partial charge < -0.3 is 10.2 Å². The fraction of sp³-hybridized carbons (Fsp3) is 0.316. The monoisotopic (exact) mass is 438 g/mol. The van der Waals surface area contributed by atoms with E-state index in [1.54, 1.807) is 11.3 Å². The molecule has 152 valence electrons. The number of carbonyl (C=O) groups excluding carboxylic acids is 1. The van der Waals surface area contributed by atoms with E-state index in [0.717, 1.165) is 33.4 Å². The Morgan fingerprint density at radius 3 is 2.45 bits per heavy atom. The first-order valence-electron chi connectivity index (χ1n) is 8.83. The Morgan fingerprint density at radius 1 is 1.17 bits per heavy atom. The van der Waals surface area contributed by atoms with Crippen LogP contribution >= 0.6 is 22.7 Å². The van der Waals surface area contributed by atoms with Crippen LogP contribution in [0.3, 0.4) is 0 Å². The van der Waals surface area contributed by atoms with Gasteiger partial charge in [-0.3, -0.25) is 4.79 Å². The molecule has 5 nitrogen and oxygen atoms in total. The fourth-order valence-corrected chi connectivity index (χ4v) is 4.79. The van der Waals surface area contributed by atoms with E-state index >= 15 is 0 Å². The van der Waals surface area contributed by atoms with Crippen molar-refractivity contribution in [3.63, 3.8) is 0 Å². The first kappa shape index (κ1) is 19.8. The zero-order chi connectivity index (χ0) is 20.8. The van der Waals surface area contributed by atoms with Crippen LogP contribution in [0.4, 0.5) is 24.0 Å². The molecule has 0 aliphatic carbocycles. The Bertz CT molecular complexity index is 1040. The van der Waals surface area contributed by atoms with Gasteiger partial charge >= 0.3 is 6.18 Å². The predicted molar refractivity (Wildman–Crippen MR) is 108 cm³/mol. The molecule has 1 fully saturated rings. The number of thiazole rings is 2. The van der Waals surface area contributed by atoms with Crippen LogP contribution in [-0.4, -0.2) is 29.0 Å². The van der Waals surface area contributed by atoms with E-state index < -0.39 is 11.7 Å². The molecule has 3 heterocycles. The van der Waals surface area contributed by atoms with Gasteiger partial charge in [0.15, 0.2) is 5.13 Å². The van der Waals surface area contributed by atoms with Crippen molar-refractivity contribution in [1.82, 2.24) is 9.97 Å². The first-order valence-corrected chi connectivity index (χ1v) is 10.5. The maximum Gasteiger partial charge on any atom is 0.416 e. The van der Waals surface area contributed by atoms with Crippen LogP contribution in [0.15, 0.2) is 29.6 Å². The minimum absolute atomic E-state index is 0.133. The maximum absolute atomic E-state index is 12.7. The third-order valence-electron chi connectivity index (χ3n) is 4.68. The highest BCUT2D eigenvalue weighted by Crippen LogP contribution is 2.34. The van der Waals surface area contributed by atoms with Crippen LogP contribution in [0.1, 0.15) is 16.3 Å². The molecule has 1 N–H and O–H groups in total. The molecular formula is C19H17F3N4OS2. The van der Waals surface area contributed by atoms with E-state index in [4.69, 9.17) is 0 Å². The second kappa shape index (κ2) is 7.42. The number of aryl methyl sites for hydroxylation is 2. The van der Waals surface area contributed by atoms with E-state index in [9.17, 15) is 18.0 Å². The quantitative estimate of drug-likeness (QED) is 0.624. The number of halogens is 3. The average molecular weight is 439 g/mol. The number of nitrogens with zero attached hydrogens (tertiary/aromatic N) is 3. The molecule has 1 aliphatic heterocycles. The molecule has 0 saturated carbocycles. The molecule has 1 amide bonds. The Hall–Kier alpha value is -2.46. The lowest BCUT2D eigenvalue weighted by molar-refractivity contribution is -0.137. The van der Waals surface area contributed by atoms with Crippen LogP contribution in [0.2, 0.25) is 0 Å². The molecule has 1 aromatic carbocycles. The summed E-state index contributed by atoms with van der Waals surface area (Å²) in [5, 5.41) is 6.23. The first-order chi connectivity index (χ1) is 13.7. The van der Waals surface area contributed by atoms with E-state index in [1.165, 1.54) is 23.5 Å². The van der Waals surface area contributed by atoms with Crippen molar-refractivity contribution >= 4 is 39.4 Å². The van der Waals surface area contributed by atoms with Crippen molar-refractivity contribution in [1.29, 1.82) is 0 Å². The number of carbonyl (C=O) groups is 1. The second-order valence-electron chi connectivity index (χ2n) is 6.82. The van der Waals surface area contributed by atoms with Gasteiger partial charge in [-0.15, -0.1) is 22.7 Å². The number of alkyl halides is 3. The van der Waals surface area contributed by atoms with Crippen molar-refractivity contribution in [2.75, 3.05) is 23.3 Å². The molecule has 2 aromatic heterocycles. The summed E-state index contributed by atoms with van der Waals surface area (Å²) in [6, 6.07) is 4.98. The molecular weight excluding hydrogens is 421 g/mol. The standard InChI is InChI=1S/C19H17F3N4OS2/c1-10-16(29-11(2)23-10)15-9-28-18(24-15)25-17(27)12-7-26(8-12)14-5-3-13(4-6-14)19(20,21)22/h3-6,9,12H,7-8H2,1-2H3,(H,24,25,27). The highest BCUT2D eigenvalue weighted by molar-refractivity contribution is 7.16. The highest BCUT2D eigenvalue weighted by Gasteiger charge is 2.34. The summed E-state index contributed by atoms with van der Waals surface area (Å²) in [6.07, 6.45) is -4.35. The van der Waals surface area contributed by atoms with Crippen molar-refractivity contribution in [2.45, 2.75) is 20.0 Å². The molecule has 1 aliphatic rings. The number of amides is 1. The molecule has 0 atom stereocenters. The Morgan fingerprint density at radius 2 is 1.86 bits per heavy atom. The number of aromatic nitrogens is 2. The van der Waals surface area contributed by atoms with E-state index in [2.05, 4.69) is 15.3 Å². The third-order valence-corrected chi connectivity index (χ3v) is 6.54. The van der Waals surface area contributed by atoms with Crippen molar-refractivity contribution in [2.24, 2.45) is 5.92 Å². The van der Waals surface area contributed by atoms with Gasteiger partial charge in [0.05, 0.1) is 32.8 Å². The zero-order valence-electron chi connectivity index (χ0n) is 15.6. The smallest absolute Gasteiger partial charge is 0.370 e. The number of hydrogen-bond donors (Lipinski definition) is 1. The van der Waals surface area contributed by atoms with Gasteiger partial charge in [-0.2, -0.15) is 13.2 Å². The summed E-state index contributed by atoms with van der Waals surface area (Å²) in [7, 11) is 0. The predicted octanol–water partition coefficient (Wildman–Crippen LogP) is 4.98. The number of anilines is 2. The Labute approximate surface area is 173 Å². The number of rotatable bonds is 4. The summed E-state index contributed by atoms with van der Waals surface area (Å²) < 4.78 is 38.0. The summed E-state index contributed by atoms with van der Waals surface area (Å²) in [6.45, 7) is 4.79. The molecule has 0 spiro atoms. The van der Waals surface area contributed by atoms with Gasteiger partial charge in [0.2, 0.25) is 5.91 Å². The maximum atomic E-state index is 12.7. The van der Waals surface area contributed by atoms with Gasteiger partial charge in [-0.25, -0.2) is 9.97 Å². The molecule has 1 saturated heterocycles. The minimum atomic E-state index is -4.35. The van der Waals surface area contributed by atoms with Crippen LogP contribution in [0.5, 0.6) is 0 Å². The number of nitrogens with one attached hydrogen (secondary N) is 1. The fourth-order valence-electron chi connectivity index (χ4n) is 3.13. The lowest BCUT2D eigenvalue weighted by Crippen LogP contribution is -2.52. The molecule has 29 heavy (non-hydrogen) atoms. The number of hydrogen-bond acceptors (Lipinski definition) is 6. The van der Waals surface area contributed by atoms with Crippen LogP contribution in [-0.2, 0) is 11.0 Å². The van der Waals surface area contributed by atoms with Crippen molar-refractivity contribution < 1.29 is 18.0 Å². The van der Waals surface area contributed by atoms with Crippen LogP contribution < -0.4 is 10.2 Å². The van der Waals surface area contributed by atoms with Gasteiger partial charge in [-0.05, 0) is 38.1 Å². The van der Waals surface area contributed by atoms with Gasteiger partial charge in [0.25, 0.3) is 0 Å². The van der Waals surface area contributed by atoms with Gasteiger partial charge in [-0.1, -0.05) is 0 Å². The second-order valence-corrected chi connectivity index (χ2v) is 8.88. The largest absolute Gasteiger partial charge is 0.416 e. The van der Waals surface area contributed by atoms with Crippen molar-refractivity contribution in [3.05, 3.63) is 45.9 Å². The Balaban J connectivity index is 1.34. The van der Waals surface area contributed by atoms with E-state index in [-0.39, 0.29) is 11.8 Å². The average Bonchev–Trinajstić information content (AvgIpc) is 3.19. The van der Waals surface area contributed by atoms with Crippen molar-refractivity contribution in [3.8, 4) is 10.6 Å². The molecule has 10 heteroatoms. The van der Waals surface area contributed by atoms with Gasteiger partial charge in [0, 0.05) is 24.2 Å². The van der Waals surface area contributed by atoms with Gasteiger partial charge in [0.1, 0.15) is 0 Å². The minimum Gasteiger partial charge on any atom is -0.370 e.